The van der Waals surface area contributed by atoms with Gasteiger partial charge in [0.1, 0.15) is 12.1 Å². The van der Waals surface area contributed by atoms with Gasteiger partial charge in [0.2, 0.25) is 0 Å². The molecule has 0 unspecified atom stereocenters. The summed E-state index contributed by atoms with van der Waals surface area (Å²) in [6.07, 6.45) is 1.83. The number of hydrogen-bond acceptors (Lipinski definition) is 4. The van der Waals surface area contributed by atoms with Gasteiger partial charge in [-0.2, -0.15) is 0 Å². The van der Waals surface area contributed by atoms with Gasteiger partial charge >= 0.3 is 5.97 Å². The zero-order valence-electron chi connectivity index (χ0n) is 17.0. The van der Waals surface area contributed by atoms with Crippen molar-refractivity contribution in [3.63, 3.8) is 0 Å². The lowest BCUT2D eigenvalue weighted by atomic mass is 10.2. The topological polar surface area (TPSA) is 79.5 Å². The van der Waals surface area contributed by atoms with E-state index in [0.29, 0.717) is 5.69 Å². The summed E-state index contributed by atoms with van der Waals surface area (Å²) in [6, 6.07) is 9.15. The minimum absolute atomic E-state index is 0.116. The van der Waals surface area contributed by atoms with E-state index < -0.39 is 28.1 Å². The number of halogens is 2. The van der Waals surface area contributed by atoms with Crippen molar-refractivity contribution in [2.75, 3.05) is 10.8 Å². The van der Waals surface area contributed by atoms with E-state index in [2.05, 4.69) is 4.98 Å². The molecule has 1 heterocycles. The minimum Gasteiger partial charge on any atom is -0.459 e. The Kier molecular flexibility index (Phi) is 6.09. The highest BCUT2D eigenvalue weighted by molar-refractivity contribution is 7.92. The van der Waals surface area contributed by atoms with Crippen LogP contribution in [0, 0.1) is 6.92 Å². The number of carbonyl (C=O) groups is 1. The van der Waals surface area contributed by atoms with Crippen LogP contribution in [0.1, 0.15) is 26.3 Å². The number of nitrogens with one attached hydrogen (secondary N) is 1. The lowest BCUT2D eigenvalue weighted by molar-refractivity contribution is -0.152. The van der Waals surface area contributed by atoms with Gasteiger partial charge in [-0.15, -0.1) is 0 Å². The van der Waals surface area contributed by atoms with Gasteiger partial charge in [-0.05, 0) is 69.7 Å². The molecule has 30 heavy (non-hydrogen) atoms. The third-order valence-electron chi connectivity index (χ3n) is 4.28. The third kappa shape index (κ3) is 4.91. The monoisotopic (exact) mass is 468 g/mol. The number of rotatable bonds is 5. The number of anilines is 1. The molecule has 0 amide bonds. The number of ether oxygens (including phenoxy) is 1. The summed E-state index contributed by atoms with van der Waals surface area (Å²) >= 11 is 12.0. The molecule has 0 aliphatic carbocycles. The summed E-state index contributed by atoms with van der Waals surface area (Å²) in [4.78, 5) is 15.5. The number of fused-ring (bicyclic) bond motifs is 1. The molecule has 0 saturated carbocycles. The number of benzene rings is 2. The molecule has 0 spiro atoms. The van der Waals surface area contributed by atoms with Crippen molar-refractivity contribution < 1.29 is 17.9 Å². The second-order valence-electron chi connectivity index (χ2n) is 7.90. The van der Waals surface area contributed by atoms with Crippen molar-refractivity contribution >= 4 is 55.8 Å². The average molecular weight is 469 g/mol. The standard InChI is InChI=1S/C21H22Cl2N2O4S/c1-13-11-24-19-6-5-16(10-18(13)19)25(12-20(26)29-21(2,3)4)30(27,28)17-8-14(22)7-15(23)9-17/h5-11,24H,12H2,1-4H3. The van der Waals surface area contributed by atoms with E-state index in [1.165, 1.54) is 18.2 Å². The lowest BCUT2D eigenvalue weighted by Crippen LogP contribution is -2.39. The van der Waals surface area contributed by atoms with Gasteiger partial charge in [-0.25, -0.2) is 8.42 Å². The molecule has 3 aromatic rings. The number of aromatic nitrogens is 1. The molecule has 160 valence electrons. The number of esters is 1. The predicted octanol–water partition coefficient (Wildman–Crippen LogP) is 5.32. The largest absolute Gasteiger partial charge is 0.459 e. The fourth-order valence-electron chi connectivity index (χ4n) is 3.01. The summed E-state index contributed by atoms with van der Waals surface area (Å²) in [7, 11) is -4.16. The maximum Gasteiger partial charge on any atom is 0.327 e. The normalized spacial score (nSPS) is 12.2. The summed E-state index contributed by atoms with van der Waals surface area (Å²) < 4.78 is 33.4. The van der Waals surface area contributed by atoms with Crippen LogP contribution in [0.5, 0.6) is 0 Å². The molecule has 3 rings (SSSR count). The van der Waals surface area contributed by atoms with Gasteiger partial charge in [0.25, 0.3) is 10.0 Å². The van der Waals surface area contributed by atoms with Crippen LogP contribution < -0.4 is 4.31 Å². The molecule has 0 radical (unpaired) electrons. The molecular formula is C21H22Cl2N2O4S. The Hall–Kier alpha value is -2.22. The smallest absolute Gasteiger partial charge is 0.327 e. The molecule has 0 bridgehead atoms. The maximum absolute atomic E-state index is 13.5. The summed E-state index contributed by atoms with van der Waals surface area (Å²) in [5.74, 6) is -0.676. The molecule has 0 aliphatic heterocycles. The summed E-state index contributed by atoms with van der Waals surface area (Å²) in [5, 5.41) is 1.20. The highest BCUT2D eigenvalue weighted by Gasteiger charge is 2.30. The lowest BCUT2D eigenvalue weighted by Gasteiger charge is -2.26. The third-order valence-corrected chi connectivity index (χ3v) is 6.46. The molecular weight excluding hydrogens is 447 g/mol. The van der Waals surface area contributed by atoms with E-state index in [-0.39, 0.29) is 14.9 Å². The molecule has 0 saturated heterocycles. The Labute approximate surface area is 185 Å². The first-order valence-electron chi connectivity index (χ1n) is 9.15. The van der Waals surface area contributed by atoms with Crippen molar-refractivity contribution in [3.8, 4) is 0 Å². The number of hydrogen-bond donors (Lipinski definition) is 1. The predicted molar refractivity (Wildman–Crippen MR) is 120 cm³/mol. The van der Waals surface area contributed by atoms with Crippen LogP contribution in [0.3, 0.4) is 0 Å². The zero-order valence-corrected chi connectivity index (χ0v) is 19.3. The van der Waals surface area contributed by atoms with Crippen LogP contribution in [-0.4, -0.2) is 31.5 Å². The first-order chi connectivity index (χ1) is 13.9. The Balaban J connectivity index is 2.12. The molecule has 2 aromatic carbocycles. The molecule has 6 nitrogen and oxygen atoms in total. The zero-order chi connectivity index (χ0) is 22.3. The first kappa shape index (κ1) is 22.5. The number of carbonyl (C=O) groups excluding carboxylic acids is 1. The second kappa shape index (κ2) is 8.13. The van der Waals surface area contributed by atoms with E-state index in [9.17, 15) is 13.2 Å². The van der Waals surface area contributed by atoms with Gasteiger partial charge in [-0.3, -0.25) is 9.10 Å². The SMILES string of the molecule is Cc1c[nH]c2ccc(N(CC(=O)OC(C)(C)C)S(=O)(=O)c3cc(Cl)cc(Cl)c3)cc12. The number of H-pyrrole nitrogens is 1. The number of aryl methyl sites for hydroxylation is 1. The maximum atomic E-state index is 13.5. The minimum atomic E-state index is -4.16. The second-order valence-corrected chi connectivity index (χ2v) is 10.6. The fourth-order valence-corrected chi connectivity index (χ4v) is 5.14. The van der Waals surface area contributed by atoms with Crippen LogP contribution in [0.15, 0.2) is 47.5 Å². The van der Waals surface area contributed by atoms with E-state index in [4.69, 9.17) is 27.9 Å². The summed E-state index contributed by atoms with van der Waals surface area (Å²) in [6.45, 7) is 6.56. The Morgan fingerprint density at radius 2 is 1.73 bits per heavy atom. The summed E-state index contributed by atoms with van der Waals surface area (Å²) in [5.41, 5.74) is 1.38. The van der Waals surface area contributed by atoms with Crippen LogP contribution >= 0.6 is 23.2 Å². The van der Waals surface area contributed by atoms with E-state index in [1.54, 1.807) is 39.0 Å². The molecule has 0 atom stereocenters. The van der Waals surface area contributed by atoms with E-state index in [0.717, 1.165) is 20.8 Å². The number of aromatic amines is 1. The number of sulfonamides is 1. The van der Waals surface area contributed by atoms with Gasteiger partial charge in [0, 0.05) is 27.1 Å². The van der Waals surface area contributed by atoms with Gasteiger partial charge in [0.15, 0.2) is 0 Å². The highest BCUT2D eigenvalue weighted by Crippen LogP contribution is 2.31. The van der Waals surface area contributed by atoms with Crippen molar-refractivity contribution in [3.05, 3.63) is 58.2 Å². The fraction of sp³-hybridized carbons (Fsp3) is 0.286. The van der Waals surface area contributed by atoms with Crippen molar-refractivity contribution in [1.29, 1.82) is 0 Å². The highest BCUT2D eigenvalue weighted by atomic mass is 35.5. The quantitative estimate of drug-likeness (QED) is 0.513. The van der Waals surface area contributed by atoms with Crippen LogP contribution in [0.25, 0.3) is 10.9 Å². The van der Waals surface area contributed by atoms with Crippen LogP contribution in [0.4, 0.5) is 5.69 Å². The molecule has 1 N–H and O–H groups in total. The average Bonchev–Trinajstić information content (AvgIpc) is 2.98. The van der Waals surface area contributed by atoms with Crippen molar-refractivity contribution in [2.24, 2.45) is 0 Å². The van der Waals surface area contributed by atoms with Crippen molar-refractivity contribution in [2.45, 2.75) is 38.2 Å². The van der Waals surface area contributed by atoms with Gasteiger partial charge in [0.05, 0.1) is 10.6 Å². The molecule has 9 heteroatoms. The van der Waals surface area contributed by atoms with Crippen LogP contribution in [0.2, 0.25) is 10.0 Å². The molecule has 0 aliphatic rings. The number of nitrogens with zero attached hydrogens (tertiary/aromatic N) is 1. The van der Waals surface area contributed by atoms with Crippen LogP contribution in [-0.2, 0) is 19.6 Å². The Morgan fingerprint density at radius 1 is 1.10 bits per heavy atom. The van der Waals surface area contributed by atoms with Gasteiger partial charge in [-0.1, -0.05) is 23.2 Å². The van der Waals surface area contributed by atoms with Gasteiger partial charge < -0.3 is 9.72 Å². The Morgan fingerprint density at radius 3 is 2.33 bits per heavy atom. The van der Waals surface area contributed by atoms with Crippen molar-refractivity contribution in [1.82, 2.24) is 4.98 Å². The first-order valence-corrected chi connectivity index (χ1v) is 11.3. The Bertz CT molecular complexity index is 1190. The molecule has 0 fully saturated rings. The molecule has 1 aromatic heterocycles. The van der Waals surface area contributed by atoms with E-state index >= 15 is 0 Å². The van der Waals surface area contributed by atoms with E-state index in [1.807, 2.05) is 13.1 Å².